The molecule has 0 aliphatic carbocycles. The van der Waals surface area contributed by atoms with Crippen molar-refractivity contribution in [1.29, 1.82) is 0 Å². The SMILES string of the molecule is Cc1cc(=O)oc2cc(NC(=O)[C@H](CC(=O)OCc3ccccc3)NC(=O)OC(C)(C)C)ccc12. The van der Waals surface area contributed by atoms with Gasteiger partial charge in [-0.1, -0.05) is 30.3 Å². The fourth-order valence-corrected chi connectivity index (χ4v) is 3.25. The molecule has 0 unspecified atom stereocenters. The largest absolute Gasteiger partial charge is 0.461 e. The van der Waals surface area contributed by atoms with Crippen LogP contribution in [-0.2, 0) is 25.7 Å². The summed E-state index contributed by atoms with van der Waals surface area (Å²) in [5.41, 5.74) is 0.836. The van der Waals surface area contributed by atoms with Crippen molar-refractivity contribution in [2.45, 2.75) is 52.4 Å². The van der Waals surface area contributed by atoms with Gasteiger partial charge in [-0.3, -0.25) is 9.59 Å². The van der Waals surface area contributed by atoms with Crippen LogP contribution in [0.15, 0.2) is 63.8 Å². The number of amides is 2. The molecule has 2 amide bonds. The van der Waals surface area contributed by atoms with Crippen molar-refractivity contribution in [3.63, 3.8) is 0 Å². The van der Waals surface area contributed by atoms with Gasteiger partial charge < -0.3 is 24.5 Å². The molecule has 0 aliphatic rings. The summed E-state index contributed by atoms with van der Waals surface area (Å²) in [6, 6.07) is 14.0. The number of esters is 1. The van der Waals surface area contributed by atoms with Crippen LogP contribution in [0.2, 0.25) is 0 Å². The summed E-state index contributed by atoms with van der Waals surface area (Å²) in [4.78, 5) is 49.5. The number of carbonyl (C=O) groups excluding carboxylic acids is 3. The lowest BCUT2D eigenvalue weighted by Crippen LogP contribution is -2.47. The second-order valence-corrected chi connectivity index (χ2v) is 9.00. The summed E-state index contributed by atoms with van der Waals surface area (Å²) in [5, 5.41) is 5.79. The molecule has 1 atom stereocenters. The van der Waals surface area contributed by atoms with Gasteiger partial charge in [0.2, 0.25) is 5.91 Å². The van der Waals surface area contributed by atoms with Crippen LogP contribution in [0.1, 0.15) is 38.3 Å². The molecule has 3 rings (SSSR count). The third-order valence-electron chi connectivity index (χ3n) is 4.84. The fourth-order valence-electron chi connectivity index (χ4n) is 3.25. The van der Waals surface area contributed by atoms with Crippen LogP contribution in [0.3, 0.4) is 0 Å². The second-order valence-electron chi connectivity index (χ2n) is 9.00. The van der Waals surface area contributed by atoms with Crippen LogP contribution < -0.4 is 16.3 Å². The smallest absolute Gasteiger partial charge is 0.408 e. The van der Waals surface area contributed by atoms with E-state index in [2.05, 4.69) is 10.6 Å². The number of nitrogens with one attached hydrogen (secondary N) is 2. The lowest BCUT2D eigenvalue weighted by Gasteiger charge is -2.23. The van der Waals surface area contributed by atoms with Gasteiger partial charge in [-0.2, -0.15) is 0 Å². The van der Waals surface area contributed by atoms with E-state index in [1.807, 2.05) is 18.2 Å². The Morgan fingerprint density at radius 3 is 2.43 bits per heavy atom. The predicted molar refractivity (Wildman–Crippen MR) is 130 cm³/mol. The van der Waals surface area contributed by atoms with Gasteiger partial charge in [-0.25, -0.2) is 9.59 Å². The van der Waals surface area contributed by atoms with E-state index in [0.29, 0.717) is 11.3 Å². The number of ether oxygens (including phenoxy) is 2. The highest BCUT2D eigenvalue weighted by atomic mass is 16.6. The lowest BCUT2D eigenvalue weighted by molar-refractivity contribution is -0.146. The summed E-state index contributed by atoms with van der Waals surface area (Å²) < 4.78 is 15.7. The fraction of sp³-hybridized carbons (Fsp3) is 0.308. The van der Waals surface area contributed by atoms with E-state index in [1.54, 1.807) is 52.0 Å². The molecule has 0 bridgehead atoms. The summed E-state index contributed by atoms with van der Waals surface area (Å²) in [5.74, 6) is -1.34. The average molecular weight is 481 g/mol. The molecule has 0 aliphatic heterocycles. The zero-order valence-corrected chi connectivity index (χ0v) is 20.0. The summed E-state index contributed by atoms with van der Waals surface area (Å²) >= 11 is 0. The van der Waals surface area contributed by atoms with Crippen molar-refractivity contribution in [2.75, 3.05) is 5.32 Å². The normalized spacial score (nSPS) is 12.0. The van der Waals surface area contributed by atoms with Crippen LogP contribution in [0.25, 0.3) is 11.0 Å². The van der Waals surface area contributed by atoms with E-state index in [4.69, 9.17) is 13.9 Å². The molecule has 35 heavy (non-hydrogen) atoms. The van der Waals surface area contributed by atoms with E-state index in [9.17, 15) is 19.2 Å². The molecule has 9 nitrogen and oxygen atoms in total. The van der Waals surface area contributed by atoms with Crippen molar-refractivity contribution >= 4 is 34.6 Å². The molecule has 2 N–H and O–H groups in total. The first kappa shape index (κ1) is 25.5. The van der Waals surface area contributed by atoms with E-state index >= 15 is 0 Å². The summed E-state index contributed by atoms with van der Waals surface area (Å²) in [7, 11) is 0. The molecule has 0 fully saturated rings. The highest BCUT2D eigenvalue weighted by Gasteiger charge is 2.27. The molecule has 184 valence electrons. The first-order chi connectivity index (χ1) is 16.5. The molecule has 0 saturated heterocycles. The quantitative estimate of drug-likeness (QED) is 0.386. The zero-order chi connectivity index (χ0) is 25.6. The van der Waals surface area contributed by atoms with E-state index < -0.39 is 41.7 Å². The zero-order valence-electron chi connectivity index (χ0n) is 20.0. The van der Waals surface area contributed by atoms with Crippen molar-refractivity contribution in [3.8, 4) is 0 Å². The molecule has 1 aromatic heterocycles. The molecule has 1 heterocycles. The van der Waals surface area contributed by atoms with Gasteiger partial charge >= 0.3 is 17.7 Å². The van der Waals surface area contributed by atoms with Gasteiger partial charge in [0.05, 0.1) is 6.42 Å². The number of aryl methyl sites for hydroxylation is 1. The molecule has 0 spiro atoms. The Labute approximate surface area is 202 Å². The lowest BCUT2D eigenvalue weighted by atomic mass is 10.1. The van der Waals surface area contributed by atoms with Crippen LogP contribution in [0, 0.1) is 6.92 Å². The number of fused-ring (bicyclic) bond motifs is 1. The summed E-state index contributed by atoms with van der Waals surface area (Å²) in [6.07, 6.45) is -1.27. The topological polar surface area (TPSA) is 124 Å². The molecule has 0 saturated carbocycles. The number of benzene rings is 2. The van der Waals surface area contributed by atoms with E-state index in [-0.39, 0.29) is 6.61 Å². The Balaban J connectivity index is 1.74. The van der Waals surface area contributed by atoms with E-state index in [1.165, 1.54) is 12.1 Å². The average Bonchev–Trinajstić information content (AvgIpc) is 2.76. The van der Waals surface area contributed by atoms with Crippen LogP contribution in [0.5, 0.6) is 0 Å². The highest BCUT2D eigenvalue weighted by Crippen LogP contribution is 2.21. The molecule has 2 aromatic carbocycles. The Morgan fingerprint density at radius 2 is 1.74 bits per heavy atom. The Kier molecular flexibility index (Phi) is 7.91. The molecular formula is C26H28N2O7. The summed E-state index contributed by atoms with van der Waals surface area (Å²) in [6.45, 7) is 6.85. The van der Waals surface area contributed by atoms with Gasteiger partial charge in [0.1, 0.15) is 23.8 Å². The number of anilines is 1. The third kappa shape index (κ3) is 7.70. The van der Waals surface area contributed by atoms with Gasteiger partial charge in [0, 0.05) is 23.2 Å². The number of rotatable bonds is 7. The Hall–Kier alpha value is -4.14. The maximum Gasteiger partial charge on any atom is 0.408 e. The first-order valence-electron chi connectivity index (χ1n) is 11.0. The van der Waals surface area contributed by atoms with E-state index in [0.717, 1.165) is 16.5 Å². The van der Waals surface area contributed by atoms with Gasteiger partial charge in [0.25, 0.3) is 0 Å². The van der Waals surface area contributed by atoms with Crippen LogP contribution in [0.4, 0.5) is 10.5 Å². The first-order valence-corrected chi connectivity index (χ1v) is 11.0. The molecule has 0 radical (unpaired) electrons. The van der Waals surface area contributed by atoms with Crippen LogP contribution >= 0.6 is 0 Å². The maximum absolute atomic E-state index is 13.0. The minimum absolute atomic E-state index is 0.0313. The van der Waals surface area contributed by atoms with Gasteiger partial charge in [-0.15, -0.1) is 0 Å². The minimum Gasteiger partial charge on any atom is -0.461 e. The van der Waals surface area contributed by atoms with Gasteiger partial charge in [-0.05, 0) is 51.0 Å². The number of hydrogen-bond acceptors (Lipinski definition) is 7. The van der Waals surface area contributed by atoms with Crippen LogP contribution in [-0.4, -0.2) is 29.6 Å². The molecule has 9 heteroatoms. The van der Waals surface area contributed by atoms with Crippen molar-refractivity contribution < 1.29 is 28.3 Å². The highest BCUT2D eigenvalue weighted by molar-refractivity contribution is 5.99. The van der Waals surface area contributed by atoms with Gasteiger partial charge in [0.15, 0.2) is 0 Å². The minimum atomic E-state index is -1.27. The molecular weight excluding hydrogens is 452 g/mol. The maximum atomic E-state index is 13.0. The number of hydrogen-bond donors (Lipinski definition) is 2. The monoisotopic (exact) mass is 480 g/mol. The van der Waals surface area contributed by atoms with Crippen molar-refractivity contribution in [3.05, 3.63) is 76.1 Å². The predicted octanol–water partition coefficient (Wildman–Crippen LogP) is 4.07. The third-order valence-corrected chi connectivity index (χ3v) is 4.84. The number of alkyl carbamates (subject to hydrolysis) is 1. The number of carbonyl (C=O) groups is 3. The second kappa shape index (κ2) is 10.9. The Bertz CT molecular complexity index is 1280. The Morgan fingerprint density at radius 1 is 1.03 bits per heavy atom. The molecule has 3 aromatic rings. The standard InChI is InChI=1S/C26H28N2O7/c1-16-12-23(30)34-21-13-18(10-11-19(16)21)27-24(31)20(28-25(32)35-26(2,3)4)14-22(29)33-15-17-8-6-5-7-9-17/h5-13,20H,14-15H2,1-4H3,(H,27,31)(H,28,32)/t20-/m0/s1. The van der Waals surface area contributed by atoms with Crippen molar-refractivity contribution in [1.82, 2.24) is 5.32 Å². The van der Waals surface area contributed by atoms with Crippen molar-refractivity contribution in [2.24, 2.45) is 0 Å².